The first-order valence-corrected chi connectivity index (χ1v) is 5.57. The van der Waals surface area contributed by atoms with Gasteiger partial charge in [-0.3, -0.25) is 9.78 Å². The zero-order chi connectivity index (χ0) is 13.5. The minimum atomic E-state index is -1.09. The molecule has 0 saturated carbocycles. The van der Waals surface area contributed by atoms with Crippen molar-refractivity contribution in [2.75, 3.05) is 13.7 Å². The fourth-order valence-corrected chi connectivity index (χ4v) is 1.41. The maximum Gasteiger partial charge on any atom is 0.335 e. The van der Waals surface area contributed by atoms with Gasteiger partial charge in [0.25, 0.3) is 5.91 Å². The van der Waals surface area contributed by atoms with E-state index in [2.05, 4.69) is 10.3 Å². The van der Waals surface area contributed by atoms with Crippen LogP contribution in [0.1, 0.15) is 34.2 Å². The quantitative estimate of drug-likeness (QED) is 0.786. The summed E-state index contributed by atoms with van der Waals surface area (Å²) in [5.74, 6) is -1.49. The molecule has 1 amide bonds. The molecule has 6 heteroatoms. The highest BCUT2D eigenvalue weighted by atomic mass is 16.5. The van der Waals surface area contributed by atoms with Crippen molar-refractivity contribution in [2.24, 2.45) is 0 Å². The van der Waals surface area contributed by atoms with E-state index in [0.717, 1.165) is 6.42 Å². The first kappa shape index (κ1) is 14.1. The van der Waals surface area contributed by atoms with Crippen LogP contribution in [0, 0.1) is 0 Å². The number of amides is 1. The van der Waals surface area contributed by atoms with Gasteiger partial charge in [0.05, 0.1) is 18.2 Å². The van der Waals surface area contributed by atoms with Gasteiger partial charge in [-0.2, -0.15) is 0 Å². The number of hydrogen-bond donors (Lipinski definition) is 2. The molecule has 0 aliphatic rings. The van der Waals surface area contributed by atoms with E-state index in [1.807, 2.05) is 6.92 Å². The van der Waals surface area contributed by atoms with E-state index >= 15 is 0 Å². The maximum absolute atomic E-state index is 11.8. The maximum atomic E-state index is 11.8. The molecule has 98 valence electrons. The lowest BCUT2D eigenvalue weighted by Gasteiger charge is -2.15. The van der Waals surface area contributed by atoms with Crippen molar-refractivity contribution >= 4 is 11.9 Å². The van der Waals surface area contributed by atoms with Crippen molar-refractivity contribution in [1.82, 2.24) is 10.3 Å². The molecule has 1 heterocycles. The number of pyridine rings is 1. The summed E-state index contributed by atoms with van der Waals surface area (Å²) >= 11 is 0. The van der Waals surface area contributed by atoms with Gasteiger partial charge in [-0.1, -0.05) is 6.92 Å². The Bertz CT molecular complexity index is 434. The van der Waals surface area contributed by atoms with Gasteiger partial charge in [0.15, 0.2) is 0 Å². The van der Waals surface area contributed by atoms with Crippen LogP contribution < -0.4 is 5.32 Å². The molecule has 0 radical (unpaired) electrons. The second kappa shape index (κ2) is 6.70. The molecule has 1 unspecified atom stereocenters. The van der Waals surface area contributed by atoms with Crippen molar-refractivity contribution in [3.8, 4) is 0 Å². The largest absolute Gasteiger partial charge is 0.478 e. The SMILES string of the molecule is CCC(COC)NC(=O)c1cc(C(=O)O)ccn1. The number of ether oxygens (including phenoxy) is 1. The number of carbonyl (C=O) groups excluding carboxylic acids is 1. The summed E-state index contributed by atoms with van der Waals surface area (Å²) < 4.78 is 4.96. The Hall–Kier alpha value is -1.95. The lowest BCUT2D eigenvalue weighted by Crippen LogP contribution is -2.37. The van der Waals surface area contributed by atoms with E-state index in [-0.39, 0.29) is 17.3 Å². The average Bonchev–Trinajstić information content (AvgIpc) is 2.38. The number of hydrogen-bond acceptors (Lipinski definition) is 4. The highest BCUT2D eigenvalue weighted by Crippen LogP contribution is 2.03. The van der Waals surface area contributed by atoms with Crippen molar-refractivity contribution in [1.29, 1.82) is 0 Å². The molecule has 0 spiro atoms. The standard InChI is InChI=1S/C12H16N2O4/c1-3-9(7-18-2)14-11(15)10-6-8(12(16)17)4-5-13-10/h4-6,9H,3,7H2,1-2H3,(H,14,15)(H,16,17). The van der Waals surface area contributed by atoms with Crippen molar-refractivity contribution < 1.29 is 19.4 Å². The van der Waals surface area contributed by atoms with Gasteiger partial charge in [0.2, 0.25) is 0 Å². The molecule has 0 saturated heterocycles. The molecule has 1 rings (SSSR count). The molecule has 0 aromatic carbocycles. The molecule has 2 N–H and O–H groups in total. The Morgan fingerprint density at radius 1 is 1.56 bits per heavy atom. The number of carboxylic acid groups (broad SMARTS) is 1. The molecule has 6 nitrogen and oxygen atoms in total. The Morgan fingerprint density at radius 3 is 2.83 bits per heavy atom. The number of methoxy groups -OCH3 is 1. The molecular formula is C12H16N2O4. The average molecular weight is 252 g/mol. The number of carbonyl (C=O) groups is 2. The minimum absolute atomic E-state index is 0.0370. The topological polar surface area (TPSA) is 88.5 Å². The van der Waals surface area contributed by atoms with Gasteiger partial charge >= 0.3 is 5.97 Å². The van der Waals surface area contributed by atoms with Crippen LogP contribution in [0.2, 0.25) is 0 Å². The molecule has 1 aromatic heterocycles. The van der Waals surface area contributed by atoms with Gasteiger partial charge in [0, 0.05) is 13.3 Å². The fourth-order valence-electron chi connectivity index (χ4n) is 1.41. The minimum Gasteiger partial charge on any atom is -0.478 e. The zero-order valence-electron chi connectivity index (χ0n) is 10.3. The molecular weight excluding hydrogens is 236 g/mol. The van der Waals surface area contributed by atoms with Crippen LogP contribution in [0.25, 0.3) is 0 Å². The molecule has 0 aliphatic heterocycles. The van der Waals surface area contributed by atoms with E-state index in [9.17, 15) is 9.59 Å². The van der Waals surface area contributed by atoms with Crippen molar-refractivity contribution in [2.45, 2.75) is 19.4 Å². The Kier molecular flexibility index (Phi) is 5.26. The number of aromatic carboxylic acids is 1. The fraction of sp³-hybridized carbons (Fsp3) is 0.417. The highest BCUT2D eigenvalue weighted by Gasteiger charge is 2.14. The van der Waals surface area contributed by atoms with Crippen LogP contribution in [0.15, 0.2) is 18.3 Å². The molecule has 0 bridgehead atoms. The Balaban J connectivity index is 2.77. The van der Waals surface area contributed by atoms with Crippen LogP contribution >= 0.6 is 0 Å². The molecule has 0 aliphatic carbocycles. The highest BCUT2D eigenvalue weighted by molar-refractivity contribution is 5.95. The summed E-state index contributed by atoms with van der Waals surface area (Å²) in [5.41, 5.74) is 0.124. The van der Waals surface area contributed by atoms with E-state index in [4.69, 9.17) is 9.84 Å². The second-order valence-electron chi connectivity index (χ2n) is 3.77. The molecule has 0 fully saturated rings. The normalized spacial score (nSPS) is 11.9. The van der Waals surface area contributed by atoms with Crippen molar-refractivity contribution in [3.05, 3.63) is 29.6 Å². The van der Waals surface area contributed by atoms with Gasteiger partial charge in [-0.15, -0.1) is 0 Å². The van der Waals surface area contributed by atoms with E-state index in [1.165, 1.54) is 18.3 Å². The number of nitrogens with zero attached hydrogens (tertiary/aromatic N) is 1. The third-order valence-corrected chi connectivity index (χ3v) is 2.44. The van der Waals surface area contributed by atoms with E-state index < -0.39 is 11.9 Å². The first-order valence-electron chi connectivity index (χ1n) is 5.57. The second-order valence-corrected chi connectivity index (χ2v) is 3.77. The van der Waals surface area contributed by atoms with E-state index in [1.54, 1.807) is 7.11 Å². The van der Waals surface area contributed by atoms with Crippen LogP contribution in [0.5, 0.6) is 0 Å². The third-order valence-electron chi connectivity index (χ3n) is 2.44. The number of rotatable bonds is 6. The van der Waals surface area contributed by atoms with Gasteiger partial charge < -0.3 is 15.2 Å². The lowest BCUT2D eigenvalue weighted by atomic mass is 10.2. The third kappa shape index (κ3) is 3.81. The first-order chi connectivity index (χ1) is 8.58. The Morgan fingerprint density at radius 2 is 2.28 bits per heavy atom. The van der Waals surface area contributed by atoms with Crippen LogP contribution in [-0.4, -0.2) is 41.7 Å². The lowest BCUT2D eigenvalue weighted by molar-refractivity contribution is 0.0696. The van der Waals surface area contributed by atoms with Crippen molar-refractivity contribution in [3.63, 3.8) is 0 Å². The summed E-state index contributed by atoms with van der Waals surface area (Å²) in [6.07, 6.45) is 2.02. The summed E-state index contributed by atoms with van der Waals surface area (Å²) in [6.45, 7) is 2.33. The molecule has 18 heavy (non-hydrogen) atoms. The monoisotopic (exact) mass is 252 g/mol. The number of nitrogens with one attached hydrogen (secondary N) is 1. The molecule has 1 atom stereocenters. The van der Waals surface area contributed by atoms with E-state index in [0.29, 0.717) is 6.61 Å². The van der Waals surface area contributed by atoms with Crippen LogP contribution in [0.3, 0.4) is 0 Å². The predicted octanol–water partition coefficient (Wildman–Crippen LogP) is 0.935. The summed E-state index contributed by atoms with van der Waals surface area (Å²) in [7, 11) is 1.55. The number of carboxylic acids is 1. The smallest absolute Gasteiger partial charge is 0.335 e. The summed E-state index contributed by atoms with van der Waals surface area (Å²) in [4.78, 5) is 26.5. The van der Waals surface area contributed by atoms with Crippen LogP contribution in [-0.2, 0) is 4.74 Å². The van der Waals surface area contributed by atoms with Crippen LogP contribution in [0.4, 0.5) is 0 Å². The number of aromatic nitrogens is 1. The molecule has 1 aromatic rings. The van der Waals surface area contributed by atoms with Gasteiger partial charge in [0.1, 0.15) is 5.69 Å². The predicted molar refractivity (Wildman–Crippen MR) is 64.6 cm³/mol. The summed E-state index contributed by atoms with van der Waals surface area (Å²) in [5, 5.41) is 11.6. The van der Waals surface area contributed by atoms with Gasteiger partial charge in [-0.05, 0) is 18.6 Å². The zero-order valence-corrected chi connectivity index (χ0v) is 10.3. The van der Waals surface area contributed by atoms with Gasteiger partial charge in [-0.25, -0.2) is 4.79 Å². The Labute approximate surface area is 105 Å². The summed E-state index contributed by atoms with van der Waals surface area (Å²) in [6, 6.07) is 2.47.